The number of thioether (sulfide) groups is 1. The van der Waals surface area contributed by atoms with Gasteiger partial charge in [-0.3, -0.25) is 9.59 Å². The Labute approximate surface area is 96.4 Å². The fourth-order valence-electron chi connectivity index (χ4n) is 0.857. The molecule has 0 bridgehead atoms. The summed E-state index contributed by atoms with van der Waals surface area (Å²) >= 11 is 0.888. The number of nitrogens with one attached hydrogen (secondary N) is 1. The van der Waals surface area contributed by atoms with Crippen LogP contribution in [-0.2, 0) is 14.4 Å². The van der Waals surface area contributed by atoms with Gasteiger partial charge in [-0.2, -0.15) is 0 Å². The van der Waals surface area contributed by atoms with Crippen LogP contribution in [0.25, 0.3) is 0 Å². The lowest BCUT2D eigenvalue weighted by atomic mass is 10.3. The summed E-state index contributed by atoms with van der Waals surface area (Å²) in [5.41, 5.74) is 4.96. The zero-order valence-corrected chi connectivity index (χ0v) is 9.49. The molecule has 0 fully saturated rings. The average Bonchev–Trinajstić information content (AvgIpc) is 2.15. The van der Waals surface area contributed by atoms with Crippen LogP contribution in [0.15, 0.2) is 0 Å². The summed E-state index contributed by atoms with van der Waals surface area (Å²) in [5, 5.41) is 18.9. The number of carboxylic acid groups (broad SMARTS) is 1. The molecule has 0 heterocycles. The van der Waals surface area contributed by atoms with Crippen molar-refractivity contribution in [3.05, 3.63) is 0 Å². The van der Waals surface area contributed by atoms with Gasteiger partial charge in [0.15, 0.2) is 0 Å². The van der Waals surface area contributed by atoms with E-state index in [1.165, 1.54) is 6.92 Å². The molecule has 0 rings (SSSR count). The molecular formula is C8H14N2O5S. The summed E-state index contributed by atoms with van der Waals surface area (Å²) < 4.78 is 0. The molecule has 16 heavy (non-hydrogen) atoms. The SMILES string of the molecule is CC(=O)NC(CSC(CO)C(N)=O)C(=O)O. The van der Waals surface area contributed by atoms with Crippen LogP contribution in [0.4, 0.5) is 0 Å². The molecule has 2 amide bonds. The van der Waals surface area contributed by atoms with Gasteiger partial charge in [-0.1, -0.05) is 0 Å². The second-order valence-corrected chi connectivity index (χ2v) is 4.23. The minimum absolute atomic E-state index is 0.0386. The molecule has 8 heteroatoms. The molecule has 0 aliphatic carbocycles. The molecule has 0 aromatic carbocycles. The maximum atomic E-state index is 10.7. The van der Waals surface area contributed by atoms with Gasteiger partial charge in [0.2, 0.25) is 11.8 Å². The van der Waals surface area contributed by atoms with E-state index < -0.39 is 35.7 Å². The molecular weight excluding hydrogens is 236 g/mol. The van der Waals surface area contributed by atoms with Crippen LogP contribution < -0.4 is 11.1 Å². The highest BCUT2D eigenvalue weighted by Gasteiger charge is 2.22. The van der Waals surface area contributed by atoms with E-state index in [2.05, 4.69) is 5.32 Å². The molecule has 2 unspecified atom stereocenters. The highest BCUT2D eigenvalue weighted by Crippen LogP contribution is 2.11. The molecule has 0 spiro atoms. The molecule has 0 aromatic heterocycles. The molecule has 0 radical (unpaired) electrons. The molecule has 5 N–H and O–H groups in total. The Balaban J connectivity index is 4.25. The molecule has 0 aliphatic rings. The van der Waals surface area contributed by atoms with Crippen molar-refractivity contribution in [3.8, 4) is 0 Å². The third kappa shape index (κ3) is 5.56. The normalized spacial score (nSPS) is 13.9. The van der Waals surface area contributed by atoms with Gasteiger partial charge in [-0.05, 0) is 0 Å². The Hall–Kier alpha value is -1.28. The summed E-state index contributed by atoms with van der Waals surface area (Å²) in [5.74, 6) is -2.45. The number of aliphatic hydroxyl groups excluding tert-OH is 1. The first kappa shape index (κ1) is 14.7. The predicted molar refractivity (Wildman–Crippen MR) is 57.8 cm³/mol. The van der Waals surface area contributed by atoms with Crippen molar-refractivity contribution >= 4 is 29.5 Å². The number of primary amides is 1. The fourth-order valence-corrected chi connectivity index (χ4v) is 1.78. The number of aliphatic hydroxyl groups is 1. The molecule has 0 saturated heterocycles. The zero-order valence-electron chi connectivity index (χ0n) is 8.67. The quantitative estimate of drug-likeness (QED) is 0.420. The summed E-state index contributed by atoms with van der Waals surface area (Å²) in [4.78, 5) is 32.1. The van der Waals surface area contributed by atoms with Gasteiger partial charge >= 0.3 is 5.97 Å². The van der Waals surface area contributed by atoms with E-state index in [1.54, 1.807) is 0 Å². The van der Waals surface area contributed by atoms with Crippen molar-refractivity contribution in [2.24, 2.45) is 5.73 Å². The molecule has 7 nitrogen and oxygen atoms in total. The van der Waals surface area contributed by atoms with Gasteiger partial charge < -0.3 is 21.3 Å². The lowest BCUT2D eigenvalue weighted by Gasteiger charge is -2.15. The number of hydrogen-bond acceptors (Lipinski definition) is 5. The topological polar surface area (TPSA) is 130 Å². The number of hydrogen-bond donors (Lipinski definition) is 4. The number of nitrogens with two attached hydrogens (primary N) is 1. The molecule has 92 valence electrons. The highest BCUT2D eigenvalue weighted by molar-refractivity contribution is 8.00. The maximum Gasteiger partial charge on any atom is 0.327 e. The number of carboxylic acids is 1. The van der Waals surface area contributed by atoms with Gasteiger partial charge in [0, 0.05) is 12.7 Å². The van der Waals surface area contributed by atoms with Gasteiger partial charge in [-0.15, -0.1) is 11.8 Å². The third-order valence-corrected chi connectivity index (χ3v) is 2.93. The van der Waals surface area contributed by atoms with Crippen LogP contribution in [0.1, 0.15) is 6.92 Å². The molecule has 0 saturated carbocycles. The lowest BCUT2D eigenvalue weighted by Crippen LogP contribution is -2.42. The van der Waals surface area contributed by atoms with Gasteiger partial charge in [0.25, 0.3) is 0 Å². The van der Waals surface area contributed by atoms with Gasteiger partial charge in [0.05, 0.1) is 6.61 Å². The van der Waals surface area contributed by atoms with E-state index in [0.29, 0.717) is 0 Å². The predicted octanol–water partition coefficient (Wildman–Crippen LogP) is -1.84. The van der Waals surface area contributed by atoms with Crippen LogP contribution in [0, 0.1) is 0 Å². The van der Waals surface area contributed by atoms with E-state index in [0.717, 1.165) is 11.8 Å². The average molecular weight is 250 g/mol. The second-order valence-electron chi connectivity index (χ2n) is 3.00. The van der Waals surface area contributed by atoms with Crippen molar-refractivity contribution in [2.45, 2.75) is 18.2 Å². The Morgan fingerprint density at radius 3 is 2.31 bits per heavy atom. The lowest BCUT2D eigenvalue weighted by molar-refractivity contribution is -0.140. The third-order valence-electron chi connectivity index (χ3n) is 1.62. The van der Waals surface area contributed by atoms with Crippen LogP contribution in [0.2, 0.25) is 0 Å². The number of carbonyl (C=O) groups is 3. The van der Waals surface area contributed by atoms with Crippen molar-refractivity contribution < 1.29 is 24.6 Å². The fraction of sp³-hybridized carbons (Fsp3) is 0.625. The summed E-state index contributed by atoms with van der Waals surface area (Å²) in [7, 11) is 0. The van der Waals surface area contributed by atoms with Gasteiger partial charge in [-0.25, -0.2) is 4.79 Å². The number of carbonyl (C=O) groups excluding carboxylic acids is 2. The first-order valence-electron chi connectivity index (χ1n) is 4.40. The number of aliphatic carboxylic acids is 1. The van der Waals surface area contributed by atoms with E-state index in [-0.39, 0.29) is 5.75 Å². The van der Waals surface area contributed by atoms with E-state index in [9.17, 15) is 14.4 Å². The highest BCUT2D eigenvalue weighted by atomic mass is 32.2. The zero-order chi connectivity index (χ0) is 12.7. The first-order chi connectivity index (χ1) is 7.38. The smallest absolute Gasteiger partial charge is 0.327 e. The Morgan fingerprint density at radius 1 is 1.44 bits per heavy atom. The standard InChI is InChI=1S/C8H14N2O5S/c1-4(12)10-5(8(14)15)3-16-6(2-11)7(9)13/h5-6,11H,2-3H2,1H3,(H2,9,13)(H,10,12)(H,14,15). The summed E-state index contributed by atoms with van der Waals surface area (Å²) in [6.45, 7) is 0.727. The Morgan fingerprint density at radius 2 is 2.00 bits per heavy atom. The van der Waals surface area contributed by atoms with Crippen molar-refractivity contribution in [1.82, 2.24) is 5.32 Å². The minimum atomic E-state index is -1.20. The van der Waals surface area contributed by atoms with E-state index in [4.69, 9.17) is 15.9 Å². The van der Waals surface area contributed by atoms with Crippen LogP contribution in [0.3, 0.4) is 0 Å². The number of amides is 2. The van der Waals surface area contributed by atoms with Crippen LogP contribution in [-0.4, -0.2) is 51.6 Å². The molecule has 0 aromatic rings. The van der Waals surface area contributed by atoms with E-state index in [1.807, 2.05) is 0 Å². The second kappa shape index (κ2) is 7.07. The van der Waals surface area contributed by atoms with Gasteiger partial charge in [0.1, 0.15) is 11.3 Å². The van der Waals surface area contributed by atoms with Crippen molar-refractivity contribution in [3.63, 3.8) is 0 Å². The van der Waals surface area contributed by atoms with E-state index >= 15 is 0 Å². The maximum absolute atomic E-state index is 10.7. The largest absolute Gasteiger partial charge is 0.480 e. The Kier molecular flexibility index (Phi) is 6.50. The van der Waals surface area contributed by atoms with Crippen LogP contribution >= 0.6 is 11.8 Å². The van der Waals surface area contributed by atoms with Crippen molar-refractivity contribution in [1.29, 1.82) is 0 Å². The minimum Gasteiger partial charge on any atom is -0.480 e. The monoisotopic (exact) mass is 250 g/mol. The first-order valence-corrected chi connectivity index (χ1v) is 5.45. The van der Waals surface area contributed by atoms with Crippen LogP contribution in [0.5, 0.6) is 0 Å². The van der Waals surface area contributed by atoms with Crippen molar-refractivity contribution in [2.75, 3.05) is 12.4 Å². The number of rotatable bonds is 7. The Bertz CT molecular complexity index is 284. The molecule has 0 aliphatic heterocycles. The summed E-state index contributed by atoms with van der Waals surface area (Å²) in [6.07, 6.45) is 0. The molecule has 2 atom stereocenters. The summed E-state index contributed by atoms with van der Waals surface area (Å²) in [6, 6.07) is -1.10.